The molecule has 24 heavy (non-hydrogen) atoms. The molecule has 7 nitrogen and oxygen atoms in total. The Morgan fingerprint density at radius 3 is 2.67 bits per heavy atom. The minimum absolute atomic E-state index is 0.215. The van der Waals surface area contributed by atoms with Gasteiger partial charge in [0.25, 0.3) is 5.91 Å². The summed E-state index contributed by atoms with van der Waals surface area (Å²) < 4.78 is 10.5. The molecule has 0 fully saturated rings. The number of aliphatic imine (C=N–C) groups is 1. The normalized spacial score (nSPS) is 11.3. The van der Waals surface area contributed by atoms with Crippen molar-refractivity contribution in [2.45, 2.75) is 33.1 Å². The standard InChI is InChI=1S/C17H30N4O3/c1-3-5-12-23-13-7-9-20-17(18-4-2)21-11-10-19-16(22)15-8-6-14-24-15/h6,8,14H,3-5,7,9-13H2,1-2H3,(H,19,22)(H2,18,20,21). The SMILES string of the molecule is CCCCOCCCN=C(NCC)NCCNC(=O)c1ccco1. The first-order valence-electron chi connectivity index (χ1n) is 8.69. The second-order valence-corrected chi connectivity index (χ2v) is 5.24. The Labute approximate surface area is 144 Å². The van der Waals surface area contributed by atoms with E-state index in [4.69, 9.17) is 9.15 Å². The Morgan fingerprint density at radius 1 is 1.17 bits per heavy atom. The van der Waals surface area contributed by atoms with Crippen LogP contribution < -0.4 is 16.0 Å². The summed E-state index contributed by atoms with van der Waals surface area (Å²) in [5.74, 6) is 0.852. The third-order valence-corrected chi connectivity index (χ3v) is 3.15. The van der Waals surface area contributed by atoms with E-state index in [2.05, 4.69) is 27.9 Å². The van der Waals surface area contributed by atoms with E-state index >= 15 is 0 Å². The maximum absolute atomic E-state index is 11.7. The lowest BCUT2D eigenvalue weighted by Gasteiger charge is -2.11. The molecule has 0 aliphatic rings. The average molecular weight is 338 g/mol. The Morgan fingerprint density at radius 2 is 1.96 bits per heavy atom. The van der Waals surface area contributed by atoms with Crippen molar-refractivity contribution in [3.05, 3.63) is 24.2 Å². The minimum Gasteiger partial charge on any atom is -0.459 e. The Hall–Kier alpha value is -2.02. The number of ether oxygens (including phenoxy) is 1. The van der Waals surface area contributed by atoms with Gasteiger partial charge in [0.05, 0.1) is 6.26 Å². The van der Waals surface area contributed by atoms with Crippen molar-refractivity contribution in [2.75, 3.05) is 39.4 Å². The highest BCUT2D eigenvalue weighted by Crippen LogP contribution is 1.98. The highest BCUT2D eigenvalue weighted by molar-refractivity contribution is 5.91. The zero-order valence-electron chi connectivity index (χ0n) is 14.8. The first-order chi connectivity index (χ1) is 11.8. The predicted octanol–water partition coefficient (Wildman–Crippen LogP) is 1.77. The number of rotatable bonds is 12. The van der Waals surface area contributed by atoms with E-state index in [-0.39, 0.29) is 5.91 Å². The summed E-state index contributed by atoms with van der Waals surface area (Å²) in [7, 11) is 0. The summed E-state index contributed by atoms with van der Waals surface area (Å²) in [5.41, 5.74) is 0. The van der Waals surface area contributed by atoms with Gasteiger partial charge in [0.15, 0.2) is 11.7 Å². The van der Waals surface area contributed by atoms with Crippen LogP contribution in [0.3, 0.4) is 0 Å². The van der Waals surface area contributed by atoms with Crippen LogP contribution in [0.25, 0.3) is 0 Å². The second kappa shape index (κ2) is 13.4. The van der Waals surface area contributed by atoms with Gasteiger partial charge in [0, 0.05) is 39.4 Å². The molecule has 0 atom stereocenters. The van der Waals surface area contributed by atoms with Crippen LogP contribution in [-0.4, -0.2) is 51.3 Å². The van der Waals surface area contributed by atoms with Crippen molar-refractivity contribution >= 4 is 11.9 Å². The molecule has 1 rings (SSSR count). The maximum atomic E-state index is 11.7. The molecule has 0 aliphatic heterocycles. The lowest BCUT2D eigenvalue weighted by Crippen LogP contribution is -2.41. The number of unbranched alkanes of at least 4 members (excludes halogenated alkanes) is 1. The van der Waals surface area contributed by atoms with Crippen LogP contribution in [0.4, 0.5) is 0 Å². The van der Waals surface area contributed by atoms with E-state index in [9.17, 15) is 4.79 Å². The van der Waals surface area contributed by atoms with Gasteiger partial charge in [0.2, 0.25) is 0 Å². The zero-order valence-corrected chi connectivity index (χ0v) is 14.8. The lowest BCUT2D eigenvalue weighted by atomic mass is 10.4. The molecule has 1 heterocycles. The van der Waals surface area contributed by atoms with Crippen LogP contribution in [0.15, 0.2) is 27.8 Å². The molecule has 0 saturated heterocycles. The van der Waals surface area contributed by atoms with Crippen molar-refractivity contribution in [1.29, 1.82) is 0 Å². The summed E-state index contributed by atoms with van der Waals surface area (Å²) >= 11 is 0. The van der Waals surface area contributed by atoms with Gasteiger partial charge in [-0.25, -0.2) is 0 Å². The van der Waals surface area contributed by atoms with Crippen LogP contribution >= 0.6 is 0 Å². The largest absolute Gasteiger partial charge is 0.459 e. The van der Waals surface area contributed by atoms with Gasteiger partial charge >= 0.3 is 0 Å². The summed E-state index contributed by atoms with van der Waals surface area (Å²) in [6.07, 6.45) is 4.64. The fourth-order valence-corrected chi connectivity index (χ4v) is 1.90. The molecule has 1 amide bonds. The molecule has 0 unspecified atom stereocenters. The molecular weight excluding hydrogens is 308 g/mol. The van der Waals surface area contributed by atoms with E-state index < -0.39 is 0 Å². The second-order valence-electron chi connectivity index (χ2n) is 5.24. The van der Waals surface area contributed by atoms with Crippen LogP contribution in [0.1, 0.15) is 43.7 Å². The molecule has 0 spiro atoms. The zero-order chi connectivity index (χ0) is 17.5. The molecule has 0 aromatic carbocycles. The fraction of sp³-hybridized carbons (Fsp3) is 0.647. The molecule has 7 heteroatoms. The van der Waals surface area contributed by atoms with E-state index in [0.717, 1.165) is 45.0 Å². The molecule has 0 bridgehead atoms. The van der Waals surface area contributed by atoms with Crippen molar-refractivity contribution in [2.24, 2.45) is 4.99 Å². The van der Waals surface area contributed by atoms with Gasteiger partial charge < -0.3 is 25.1 Å². The lowest BCUT2D eigenvalue weighted by molar-refractivity contribution is 0.0926. The van der Waals surface area contributed by atoms with Gasteiger partial charge in [-0.15, -0.1) is 0 Å². The number of hydrogen-bond donors (Lipinski definition) is 3. The number of carbonyl (C=O) groups excluding carboxylic acids is 1. The Balaban J connectivity index is 2.15. The third-order valence-electron chi connectivity index (χ3n) is 3.15. The first-order valence-corrected chi connectivity index (χ1v) is 8.69. The molecule has 1 aromatic rings. The van der Waals surface area contributed by atoms with E-state index in [1.165, 1.54) is 6.26 Å². The number of carbonyl (C=O) groups is 1. The summed E-state index contributed by atoms with van der Waals surface area (Å²) in [6.45, 7) is 8.31. The van der Waals surface area contributed by atoms with Crippen molar-refractivity contribution in [3.63, 3.8) is 0 Å². The van der Waals surface area contributed by atoms with E-state index in [1.807, 2.05) is 6.92 Å². The number of furan rings is 1. The molecule has 0 aliphatic carbocycles. The third kappa shape index (κ3) is 9.19. The molecule has 1 aromatic heterocycles. The minimum atomic E-state index is -0.215. The van der Waals surface area contributed by atoms with Gasteiger partial charge in [-0.3, -0.25) is 9.79 Å². The van der Waals surface area contributed by atoms with Gasteiger partial charge in [-0.2, -0.15) is 0 Å². The van der Waals surface area contributed by atoms with Crippen LogP contribution in [-0.2, 0) is 4.74 Å². The van der Waals surface area contributed by atoms with E-state index in [0.29, 0.717) is 25.4 Å². The van der Waals surface area contributed by atoms with Crippen molar-refractivity contribution in [3.8, 4) is 0 Å². The topological polar surface area (TPSA) is 87.9 Å². The first kappa shape index (κ1) is 20.0. The highest BCUT2D eigenvalue weighted by atomic mass is 16.5. The number of nitrogens with one attached hydrogen (secondary N) is 3. The summed E-state index contributed by atoms with van der Waals surface area (Å²) in [5, 5.41) is 9.14. The van der Waals surface area contributed by atoms with Gasteiger partial charge in [-0.05, 0) is 31.9 Å². The number of amides is 1. The molecule has 0 radical (unpaired) electrons. The maximum Gasteiger partial charge on any atom is 0.287 e. The molecule has 3 N–H and O–H groups in total. The Bertz CT molecular complexity index is 460. The predicted molar refractivity (Wildman–Crippen MR) is 95.4 cm³/mol. The van der Waals surface area contributed by atoms with Crippen LogP contribution in [0.2, 0.25) is 0 Å². The number of guanidine groups is 1. The Kier molecular flexibility index (Phi) is 11.2. The quantitative estimate of drug-likeness (QED) is 0.307. The number of nitrogens with zero attached hydrogens (tertiary/aromatic N) is 1. The number of hydrogen-bond acceptors (Lipinski definition) is 4. The fourth-order valence-electron chi connectivity index (χ4n) is 1.90. The van der Waals surface area contributed by atoms with E-state index in [1.54, 1.807) is 12.1 Å². The van der Waals surface area contributed by atoms with Crippen molar-refractivity contribution < 1.29 is 13.9 Å². The monoisotopic (exact) mass is 338 g/mol. The van der Waals surface area contributed by atoms with Crippen molar-refractivity contribution in [1.82, 2.24) is 16.0 Å². The molecular formula is C17H30N4O3. The molecule has 136 valence electrons. The average Bonchev–Trinajstić information content (AvgIpc) is 3.12. The van der Waals surface area contributed by atoms with Crippen LogP contribution in [0, 0.1) is 0 Å². The van der Waals surface area contributed by atoms with Crippen LogP contribution in [0.5, 0.6) is 0 Å². The summed E-state index contributed by atoms with van der Waals surface area (Å²) in [6, 6.07) is 3.33. The summed E-state index contributed by atoms with van der Waals surface area (Å²) in [4.78, 5) is 16.2. The highest BCUT2D eigenvalue weighted by Gasteiger charge is 2.06. The van der Waals surface area contributed by atoms with Gasteiger partial charge in [0.1, 0.15) is 0 Å². The smallest absolute Gasteiger partial charge is 0.287 e. The van der Waals surface area contributed by atoms with Gasteiger partial charge in [-0.1, -0.05) is 13.3 Å². The molecule has 0 saturated carbocycles.